The largest absolute Gasteiger partial charge is 0.339 e. The van der Waals surface area contributed by atoms with E-state index in [1.54, 1.807) is 12.4 Å². The number of piperazine rings is 1. The Labute approximate surface area is 153 Å². The van der Waals surface area contributed by atoms with Gasteiger partial charge in [0.05, 0.1) is 0 Å². The molecule has 138 valence electrons. The number of amides is 1. The van der Waals surface area contributed by atoms with E-state index in [4.69, 9.17) is 4.52 Å². The SMILES string of the molecule is CC1CN(C2CC2)CCN1C(=O)CCCc1nc(-c2ccncc2)no1. The summed E-state index contributed by atoms with van der Waals surface area (Å²) < 4.78 is 5.30. The van der Waals surface area contributed by atoms with Crippen LogP contribution >= 0.6 is 0 Å². The number of carbonyl (C=O) groups excluding carboxylic acids is 1. The smallest absolute Gasteiger partial charge is 0.226 e. The van der Waals surface area contributed by atoms with Gasteiger partial charge in [-0.15, -0.1) is 0 Å². The lowest BCUT2D eigenvalue weighted by atomic mass is 10.1. The summed E-state index contributed by atoms with van der Waals surface area (Å²) in [5.74, 6) is 1.39. The molecule has 1 saturated heterocycles. The number of aryl methyl sites for hydroxylation is 1. The molecule has 2 aliphatic rings. The monoisotopic (exact) mass is 355 g/mol. The van der Waals surface area contributed by atoms with Crippen LogP contribution in [-0.2, 0) is 11.2 Å². The first kappa shape index (κ1) is 17.1. The Morgan fingerprint density at radius 2 is 2.08 bits per heavy atom. The molecule has 0 radical (unpaired) electrons. The molecule has 1 aliphatic carbocycles. The first-order chi connectivity index (χ1) is 12.7. The highest BCUT2D eigenvalue weighted by molar-refractivity contribution is 5.76. The minimum atomic E-state index is 0.238. The molecule has 0 bridgehead atoms. The van der Waals surface area contributed by atoms with E-state index in [2.05, 4.69) is 26.9 Å². The van der Waals surface area contributed by atoms with Gasteiger partial charge in [-0.3, -0.25) is 14.7 Å². The van der Waals surface area contributed by atoms with Gasteiger partial charge in [0, 0.05) is 62.5 Å². The Hall–Kier alpha value is -2.28. The van der Waals surface area contributed by atoms with E-state index in [0.29, 0.717) is 30.6 Å². The standard InChI is InChI=1S/C19H25N5O2/c1-14-13-23(16-5-6-16)11-12-24(14)18(25)4-2-3-17-21-19(22-26-17)15-7-9-20-10-8-15/h7-10,14,16H,2-6,11-13H2,1H3. The van der Waals surface area contributed by atoms with Gasteiger partial charge in [0.25, 0.3) is 0 Å². The average Bonchev–Trinajstić information content (AvgIpc) is 3.41. The highest BCUT2D eigenvalue weighted by atomic mass is 16.5. The maximum atomic E-state index is 12.6. The second kappa shape index (κ2) is 7.53. The number of aromatic nitrogens is 3. The van der Waals surface area contributed by atoms with Crippen LogP contribution in [0.25, 0.3) is 11.4 Å². The van der Waals surface area contributed by atoms with Gasteiger partial charge in [0.1, 0.15) is 0 Å². The number of rotatable bonds is 6. The minimum Gasteiger partial charge on any atom is -0.339 e. The van der Waals surface area contributed by atoms with Crippen molar-refractivity contribution in [1.29, 1.82) is 0 Å². The molecule has 0 spiro atoms. The summed E-state index contributed by atoms with van der Waals surface area (Å²) in [6.45, 7) is 5.03. The fourth-order valence-electron chi connectivity index (χ4n) is 3.64. The molecule has 4 rings (SSSR count). The second-order valence-corrected chi connectivity index (χ2v) is 7.26. The highest BCUT2D eigenvalue weighted by Gasteiger charge is 2.35. The van der Waals surface area contributed by atoms with Gasteiger partial charge in [0.15, 0.2) is 0 Å². The molecule has 2 fully saturated rings. The maximum Gasteiger partial charge on any atom is 0.226 e. The number of hydrogen-bond acceptors (Lipinski definition) is 6. The Morgan fingerprint density at radius 3 is 2.81 bits per heavy atom. The summed E-state index contributed by atoms with van der Waals surface area (Å²) in [4.78, 5) is 25.5. The Morgan fingerprint density at radius 1 is 1.27 bits per heavy atom. The van der Waals surface area contributed by atoms with Crippen LogP contribution in [0.3, 0.4) is 0 Å². The van der Waals surface area contributed by atoms with Gasteiger partial charge >= 0.3 is 0 Å². The molecule has 1 aliphatic heterocycles. The van der Waals surface area contributed by atoms with Crippen molar-refractivity contribution in [3.63, 3.8) is 0 Å². The Kier molecular flexibility index (Phi) is 4.97. The molecule has 1 amide bonds. The van der Waals surface area contributed by atoms with Crippen LogP contribution in [0.1, 0.15) is 38.5 Å². The summed E-state index contributed by atoms with van der Waals surface area (Å²) in [6, 6.07) is 4.78. The minimum absolute atomic E-state index is 0.238. The van der Waals surface area contributed by atoms with Crippen molar-refractivity contribution in [3.8, 4) is 11.4 Å². The van der Waals surface area contributed by atoms with E-state index >= 15 is 0 Å². The average molecular weight is 355 g/mol. The van der Waals surface area contributed by atoms with Crippen LogP contribution in [0.2, 0.25) is 0 Å². The second-order valence-electron chi connectivity index (χ2n) is 7.26. The molecule has 0 aromatic carbocycles. The third kappa shape index (κ3) is 3.93. The van der Waals surface area contributed by atoms with E-state index in [9.17, 15) is 4.79 Å². The van der Waals surface area contributed by atoms with E-state index in [1.807, 2.05) is 17.0 Å². The molecule has 1 saturated carbocycles. The lowest BCUT2D eigenvalue weighted by Gasteiger charge is -2.40. The zero-order valence-corrected chi connectivity index (χ0v) is 15.2. The van der Waals surface area contributed by atoms with Crippen LogP contribution in [0, 0.1) is 0 Å². The maximum absolute atomic E-state index is 12.6. The van der Waals surface area contributed by atoms with Crippen LogP contribution in [0.15, 0.2) is 29.0 Å². The first-order valence-corrected chi connectivity index (χ1v) is 9.47. The number of pyridine rings is 1. The number of carbonyl (C=O) groups is 1. The molecule has 7 nitrogen and oxygen atoms in total. The molecular weight excluding hydrogens is 330 g/mol. The molecule has 2 aromatic rings. The van der Waals surface area contributed by atoms with Gasteiger partial charge in [-0.2, -0.15) is 4.98 Å². The van der Waals surface area contributed by atoms with Crippen molar-refractivity contribution < 1.29 is 9.32 Å². The van der Waals surface area contributed by atoms with Gasteiger partial charge in [0.2, 0.25) is 17.6 Å². The lowest BCUT2D eigenvalue weighted by molar-refractivity contribution is -0.135. The molecule has 2 aromatic heterocycles. The zero-order chi connectivity index (χ0) is 17.9. The fraction of sp³-hybridized carbons (Fsp3) is 0.579. The topological polar surface area (TPSA) is 75.4 Å². The Balaban J connectivity index is 1.24. The van der Waals surface area contributed by atoms with E-state index < -0.39 is 0 Å². The Bertz CT molecular complexity index is 743. The first-order valence-electron chi connectivity index (χ1n) is 9.47. The van der Waals surface area contributed by atoms with Crippen molar-refractivity contribution in [2.45, 2.75) is 51.1 Å². The molecule has 1 unspecified atom stereocenters. The quantitative estimate of drug-likeness (QED) is 0.790. The van der Waals surface area contributed by atoms with Crippen LogP contribution in [-0.4, -0.2) is 62.5 Å². The van der Waals surface area contributed by atoms with Crippen LogP contribution < -0.4 is 0 Å². The number of hydrogen-bond donors (Lipinski definition) is 0. The molecule has 0 N–H and O–H groups in total. The van der Waals surface area contributed by atoms with E-state index in [1.165, 1.54) is 12.8 Å². The predicted molar refractivity (Wildman–Crippen MR) is 96.2 cm³/mol. The van der Waals surface area contributed by atoms with Crippen molar-refractivity contribution in [3.05, 3.63) is 30.4 Å². The van der Waals surface area contributed by atoms with Gasteiger partial charge < -0.3 is 9.42 Å². The summed E-state index contributed by atoms with van der Waals surface area (Å²) in [6.07, 6.45) is 7.94. The van der Waals surface area contributed by atoms with Crippen molar-refractivity contribution >= 4 is 5.91 Å². The van der Waals surface area contributed by atoms with Crippen molar-refractivity contribution in [1.82, 2.24) is 24.9 Å². The summed E-state index contributed by atoms with van der Waals surface area (Å²) in [5.41, 5.74) is 0.883. The van der Waals surface area contributed by atoms with Gasteiger partial charge in [-0.1, -0.05) is 5.16 Å². The molecule has 1 atom stereocenters. The normalized spacial score (nSPS) is 21.1. The van der Waals surface area contributed by atoms with Gasteiger partial charge in [-0.25, -0.2) is 0 Å². The van der Waals surface area contributed by atoms with Crippen molar-refractivity contribution in [2.24, 2.45) is 0 Å². The molecule has 3 heterocycles. The molecule has 26 heavy (non-hydrogen) atoms. The number of nitrogens with zero attached hydrogens (tertiary/aromatic N) is 5. The summed E-state index contributed by atoms with van der Waals surface area (Å²) in [7, 11) is 0. The summed E-state index contributed by atoms with van der Waals surface area (Å²) in [5, 5.41) is 4.00. The predicted octanol–water partition coefficient (Wildman–Crippen LogP) is 2.15. The third-order valence-electron chi connectivity index (χ3n) is 5.23. The highest BCUT2D eigenvalue weighted by Crippen LogP contribution is 2.29. The fourth-order valence-corrected chi connectivity index (χ4v) is 3.64. The van der Waals surface area contributed by atoms with E-state index in [0.717, 1.165) is 37.7 Å². The zero-order valence-electron chi connectivity index (χ0n) is 15.2. The van der Waals surface area contributed by atoms with Crippen LogP contribution in [0.4, 0.5) is 0 Å². The van der Waals surface area contributed by atoms with E-state index in [-0.39, 0.29) is 5.91 Å². The lowest BCUT2D eigenvalue weighted by Crippen LogP contribution is -2.54. The summed E-state index contributed by atoms with van der Waals surface area (Å²) >= 11 is 0. The molecular formula is C19H25N5O2. The third-order valence-corrected chi connectivity index (χ3v) is 5.23. The van der Waals surface area contributed by atoms with Crippen LogP contribution in [0.5, 0.6) is 0 Å². The molecule has 7 heteroatoms. The van der Waals surface area contributed by atoms with Crippen molar-refractivity contribution in [2.75, 3.05) is 19.6 Å². The van der Waals surface area contributed by atoms with Gasteiger partial charge in [-0.05, 0) is 38.3 Å².